The standard InChI is InChI=1S/C22H29NO6/c1-22(2,3)29-21(25)23-9-7-15(8-10-23)11-17(13-20(24)26-4)16-5-6-18-19(12-16)28-14-27-18/h5-6,12-13,15H,7-11,14H2,1-4H3. The smallest absolute Gasteiger partial charge is 0.410 e. The Balaban J connectivity index is 1.66. The van der Waals surface area contributed by atoms with Crippen LogP contribution in [0.25, 0.3) is 5.57 Å². The number of rotatable bonds is 4. The Morgan fingerprint density at radius 1 is 1.17 bits per heavy atom. The summed E-state index contributed by atoms with van der Waals surface area (Å²) in [6.45, 7) is 7.10. The maximum absolute atomic E-state index is 12.3. The number of likely N-dealkylation sites (tertiary alicyclic amines) is 1. The third-order valence-electron chi connectivity index (χ3n) is 5.01. The molecule has 2 heterocycles. The second kappa shape index (κ2) is 8.76. The van der Waals surface area contributed by atoms with Gasteiger partial charge in [0.1, 0.15) is 5.60 Å². The highest BCUT2D eigenvalue weighted by Gasteiger charge is 2.28. The third kappa shape index (κ3) is 5.65. The van der Waals surface area contributed by atoms with E-state index in [2.05, 4.69) is 0 Å². The number of allylic oxidation sites excluding steroid dienone is 1. The normalized spacial score (nSPS) is 17.2. The second-order valence-corrected chi connectivity index (χ2v) is 8.38. The van der Waals surface area contributed by atoms with Crippen molar-refractivity contribution in [3.8, 4) is 11.5 Å². The van der Waals surface area contributed by atoms with Crippen molar-refractivity contribution in [1.82, 2.24) is 4.90 Å². The van der Waals surface area contributed by atoms with Gasteiger partial charge in [0.2, 0.25) is 6.79 Å². The van der Waals surface area contributed by atoms with E-state index in [1.54, 1.807) is 4.90 Å². The Morgan fingerprint density at radius 3 is 2.52 bits per heavy atom. The van der Waals surface area contributed by atoms with Gasteiger partial charge in [-0.15, -0.1) is 0 Å². The Kier molecular flexibility index (Phi) is 6.35. The highest BCUT2D eigenvalue weighted by atomic mass is 16.7. The van der Waals surface area contributed by atoms with Gasteiger partial charge in [-0.1, -0.05) is 6.07 Å². The number of ether oxygens (including phenoxy) is 4. The molecule has 2 aliphatic heterocycles. The zero-order valence-electron chi connectivity index (χ0n) is 17.5. The molecule has 158 valence electrons. The highest BCUT2D eigenvalue weighted by Crippen LogP contribution is 2.37. The van der Waals surface area contributed by atoms with Crippen LogP contribution < -0.4 is 9.47 Å². The van der Waals surface area contributed by atoms with Crippen molar-refractivity contribution in [3.05, 3.63) is 29.8 Å². The predicted octanol–water partition coefficient (Wildman–Crippen LogP) is 4.01. The molecule has 0 bridgehead atoms. The van der Waals surface area contributed by atoms with Crippen LogP contribution in [0.3, 0.4) is 0 Å². The number of fused-ring (bicyclic) bond motifs is 1. The summed E-state index contributed by atoms with van der Waals surface area (Å²) in [5.74, 6) is 1.36. The summed E-state index contributed by atoms with van der Waals surface area (Å²) in [7, 11) is 1.37. The van der Waals surface area contributed by atoms with Crippen LogP contribution in [0.2, 0.25) is 0 Å². The summed E-state index contributed by atoms with van der Waals surface area (Å²) < 4.78 is 21.1. The number of esters is 1. The van der Waals surface area contributed by atoms with Gasteiger partial charge < -0.3 is 23.8 Å². The van der Waals surface area contributed by atoms with Crippen molar-refractivity contribution >= 4 is 17.6 Å². The average Bonchev–Trinajstić information content (AvgIpc) is 3.14. The molecule has 0 unspecified atom stereocenters. The van der Waals surface area contributed by atoms with Crippen molar-refractivity contribution in [2.75, 3.05) is 27.0 Å². The van der Waals surface area contributed by atoms with Crippen LogP contribution in [-0.4, -0.2) is 49.6 Å². The topological polar surface area (TPSA) is 74.3 Å². The summed E-state index contributed by atoms with van der Waals surface area (Å²) in [6.07, 6.45) is 3.69. The van der Waals surface area contributed by atoms with Gasteiger partial charge in [-0.25, -0.2) is 9.59 Å². The SMILES string of the molecule is COC(=O)C=C(CC1CCN(C(=O)OC(C)(C)C)CC1)c1ccc2c(c1)OCO2. The van der Waals surface area contributed by atoms with Crippen LogP contribution in [0.15, 0.2) is 24.3 Å². The maximum Gasteiger partial charge on any atom is 0.410 e. The minimum Gasteiger partial charge on any atom is -0.466 e. The van der Waals surface area contributed by atoms with Crippen LogP contribution in [-0.2, 0) is 14.3 Å². The molecule has 1 amide bonds. The lowest BCUT2D eigenvalue weighted by molar-refractivity contribution is -0.134. The molecular weight excluding hydrogens is 374 g/mol. The Bertz CT molecular complexity index is 787. The number of carbonyl (C=O) groups excluding carboxylic acids is 2. The molecule has 0 radical (unpaired) electrons. The maximum atomic E-state index is 12.3. The van der Waals surface area contributed by atoms with Gasteiger partial charge in [-0.2, -0.15) is 0 Å². The number of benzene rings is 1. The number of carbonyl (C=O) groups is 2. The predicted molar refractivity (Wildman–Crippen MR) is 108 cm³/mol. The lowest BCUT2D eigenvalue weighted by Crippen LogP contribution is -2.41. The number of amides is 1. The lowest BCUT2D eigenvalue weighted by atomic mass is 9.87. The van der Waals surface area contributed by atoms with Gasteiger partial charge in [-0.05, 0) is 69.2 Å². The molecule has 0 N–H and O–H groups in total. The molecule has 7 heteroatoms. The lowest BCUT2D eigenvalue weighted by Gasteiger charge is -2.33. The number of hydrogen-bond acceptors (Lipinski definition) is 6. The van der Waals surface area contributed by atoms with E-state index in [9.17, 15) is 9.59 Å². The van der Waals surface area contributed by atoms with Crippen LogP contribution in [0.1, 0.15) is 45.6 Å². The quantitative estimate of drug-likeness (QED) is 0.559. The largest absolute Gasteiger partial charge is 0.466 e. The fourth-order valence-corrected chi connectivity index (χ4v) is 3.51. The van der Waals surface area contributed by atoms with Crippen molar-refractivity contribution in [1.29, 1.82) is 0 Å². The first-order chi connectivity index (χ1) is 13.7. The van der Waals surface area contributed by atoms with E-state index < -0.39 is 5.60 Å². The minimum absolute atomic E-state index is 0.206. The molecule has 7 nitrogen and oxygen atoms in total. The van der Waals surface area contributed by atoms with Gasteiger partial charge in [0, 0.05) is 19.2 Å². The fourth-order valence-electron chi connectivity index (χ4n) is 3.51. The molecule has 0 aromatic heterocycles. The van der Waals surface area contributed by atoms with E-state index in [0.717, 1.165) is 30.4 Å². The monoisotopic (exact) mass is 403 g/mol. The van der Waals surface area contributed by atoms with E-state index in [0.29, 0.717) is 30.5 Å². The zero-order chi connectivity index (χ0) is 21.0. The van der Waals surface area contributed by atoms with Crippen molar-refractivity contribution in [2.45, 2.75) is 45.6 Å². The van der Waals surface area contributed by atoms with E-state index >= 15 is 0 Å². The van der Waals surface area contributed by atoms with Crippen molar-refractivity contribution in [2.24, 2.45) is 5.92 Å². The molecule has 1 aromatic carbocycles. The molecule has 1 aromatic rings. The summed E-state index contributed by atoms with van der Waals surface area (Å²) in [5.41, 5.74) is 1.31. The van der Waals surface area contributed by atoms with Gasteiger partial charge in [0.25, 0.3) is 0 Å². The first kappa shape index (κ1) is 21.0. The summed E-state index contributed by atoms with van der Waals surface area (Å²) in [5, 5.41) is 0. The molecule has 0 atom stereocenters. The van der Waals surface area contributed by atoms with Crippen molar-refractivity contribution < 1.29 is 28.5 Å². The number of piperidine rings is 1. The molecule has 0 saturated carbocycles. The molecular formula is C22H29NO6. The summed E-state index contributed by atoms with van der Waals surface area (Å²) in [4.78, 5) is 25.9. The molecule has 3 rings (SSSR count). The van der Waals surface area contributed by atoms with Crippen LogP contribution in [0.5, 0.6) is 11.5 Å². The van der Waals surface area contributed by atoms with Gasteiger partial charge in [0.15, 0.2) is 11.5 Å². The molecule has 0 aliphatic carbocycles. The highest BCUT2D eigenvalue weighted by molar-refractivity contribution is 5.91. The molecule has 1 saturated heterocycles. The van der Waals surface area contributed by atoms with Crippen LogP contribution in [0, 0.1) is 5.92 Å². The Hall–Kier alpha value is -2.70. The minimum atomic E-state index is -0.496. The zero-order valence-corrected chi connectivity index (χ0v) is 17.5. The number of methoxy groups -OCH3 is 1. The first-order valence-electron chi connectivity index (χ1n) is 9.91. The number of nitrogens with zero attached hydrogens (tertiary/aromatic N) is 1. The molecule has 29 heavy (non-hydrogen) atoms. The molecule has 0 spiro atoms. The average molecular weight is 403 g/mol. The first-order valence-corrected chi connectivity index (χ1v) is 9.91. The summed E-state index contributed by atoms with van der Waals surface area (Å²) >= 11 is 0. The summed E-state index contributed by atoms with van der Waals surface area (Å²) in [6, 6.07) is 5.68. The second-order valence-electron chi connectivity index (χ2n) is 8.38. The van der Waals surface area contributed by atoms with E-state index in [-0.39, 0.29) is 18.9 Å². The van der Waals surface area contributed by atoms with E-state index in [1.807, 2.05) is 39.0 Å². The fraction of sp³-hybridized carbons (Fsp3) is 0.545. The molecule has 2 aliphatic rings. The molecule has 1 fully saturated rings. The van der Waals surface area contributed by atoms with E-state index in [1.165, 1.54) is 13.2 Å². The third-order valence-corrected chi connectivity index (χ3v) is 5.01. The Morgan fingerprint density at radius 2 is 1.86 bits per heavy atom. The van der Waals surface area contributed by atoms with Crippen molar-refractivity contribution in [3.63, 3.8) is 0 Å². The van der Waals surface area contributed by atoms with Crippen LogP contribution >= 0.6 is 0 Å². The van der Waals surface area contributed by atoms with Gasteiger partial charge in [0.05, 0.1) is 7.11 Å². The Labute approximate surface area is 171 Å². The van der Waals surface area contributed by atoms with Gasteiger partial charge >= 0.3 is 12.1 Å². The van der Waals surface area contributed by atoms with Crippen LogP contribution in [0.4, 0.5) is 4.79 Å². The van der Waals surface area contributed by atoms with E-state index in [4.69, 9.17) is 18.9 Å². The number of hydrogen-bond donors (Lipinski definition) is 0. The van der Waals surface area contributed by atoms with Gasteiger partial charge in [-0.3, -0.25) is 0 Å².